The number of benzene rings is 1. The molecular formula is C9H10BrF2N. The summed E-state index contributed by atoms with van der Waals surface area (Å²) in [5.74, 6) is -1.70. The van der Waals surface area contributed by atoms with Gasteiger partial charge in [0.1, 0.15) is 0 Å². The maximum atomic E-state index is 13.0. The van der Waals surface area contributed by atoms with E-state index >= 15 is 0 Å². The SMILES string of the molecule is CC(N)Cc1ccc(F)c(F)c1Br. The van der Waals surface area contributed by atoms with Gasteiger partial charge in [-0.15, -0.1) is 0 Å². The average Bonchev–Trinajstić information content (AvgIpc) is 2.06. The molecule has 1 atom stereocenters. The Morgan fingerprint density at radius 3 is 2.62 bits per heavy atom. The fourth-order valence-electron chi connectivity index (χ4n) is 1.07. The minimum Gasteiger partial charge on any atom is -0.328 e. The Balaban J connectivity index is 3.04. The lowest BCUT2D eigenvalue weighted by Gasteiger charge is -2.08. The van der Waals surface area contributed by atoms with Crippen LogP contribution in [0, 0.1) is 11.6 Å². The topological polar surface area (TPSA) is 26.0 Å². The third-order valence-corrected chi connectivity index (χ3v) is 2.51. The monoisotopic (exact) mass is 249 g/mol. The molecule has 1 rings (SSSR count). The standard InChI is InChI=1S/C9H10BrF2N/c1-5(13)4-6-2-3-7(11)9(12)8(6)10/h2-3,5H,4,13H2,1H3. The Bertz CT molecular complexity index is 313. The third kappa shape index (κ3) is 2.48. The zero-order valence-electron chi connectivity index (χ0n) is 7.15. The summed E-state index contributed by atoms with van der Waals surface area (Å²) in [6, 6.07) is 2.57. The van der Waals surface area contributed by atoms with Gasteiger partial charge in [0.05, 0.1) is 4.47 Å². The zero-order valence-corrected chi connectivity index (χ0v) is 8.74. The Morgan fingerprint density at radius 1 is 1.46 bits per heavy atom. The molecule has 1 aromatic rings. The molecule has 1 nitrogen and oxygen atoms in total. The molecule has 1 aromatic carbocycles. The van der Waals surface area contributed by atoms with Crippen molar-refractivity contribution in [1.29, 1.82) is 0 Å². The molecule has 0 aliphatic rings. The van der Waals surface area contributed by atoms with E-state index < -0.39 is 11.6 Å². The van der Waals surface area contributed by atoms with Crippen LogP contribution in [-0.2, 0) is 6.42 Å². The molecule has 0 radical (unpaired) electrons. The minimum absolute atomic E-state index is 0.0684. The van der Waals surface area contributed by atoms with Crippen molar-refractivity contribution in [2.24, 2.45) is 5.73 Å². The van der Waals surface area contributed by atoms with E-state index in [2.05, 4.69) is 15.9 Å². The van der Waals surface area contributed by atoms with Crippen LogP contribution in [0.15, 0.2) is 16.6 Å². The Kier molecular flexibility index (Phi) is 3.39. The maximum absolute atomic E-state index is 13.0. The second-order valence-electron chi connectivity index (χ2n) is 3.02. The summed E-state index contributed by atoms with van der Waals surface area (Å²) in [7, 11) is 0. The van der Waals surface area contributed by atoms with E-state index in [9.17, 15) is 8.78 Å². The van der Waals surface area contributed by atoms with E-state index in [4.69, 9.17) is 5.73 Å². The first-order chi connectivity index (χ1) is 6.02. The van der Waals surface area contributed by atoms with Gasteiger partial charge in [-0.1, -0.05) is 6.07 Å². The van der Waals surface area contributed by atoms with Crippen LogP contribution in [0.1, 0.15) is 12.5 Å². The van der Waals surface area contributed by atoms with Crippen molar-refractivity contribution in [3.63, 3.8) is 0 Å². The number of nitrogens with two attached hydrogens (primary N) is 1. The largest absolute Gasteiger partial charge is 0.328 e. The summed E-state index contributed by atoms with van der Waals surface area (Å²) in [6.07, 6.45) is 0.526. The molecule has 2 N–H and O–H groups in total. The van der Waals surface area contributed by atoms with Gasteiger partial charge < -0.3 is 5.73 Å². The van der Waals surface area contributed by atoms with Crippen molar-refractivity contribution in [3.8, 4) is 0 Å². The van der Waals surface area contributed by atoms with Gasteiger partial charge in [0, 0.05) is 6.04 Å². The zero-order chi connectivity index (χ0) is 10.0. The van der Waals surface area contributed by atoms with Gasteiger partial charge in [0.2, 0.25) is 0 Å². The van der Waals surface area contributed by atoms with E-state index in [-0.39, 0.29) is 10.5 Å². The van der Waals surface area contributed by atoms with Crippen molar-refractivity contribution in [3.05, 3.63) is 33.8 Å². The first-order valence-corrected chi connectivity index (χ1v) is 4.69. The fraction of sp³-hybridized carbons (Fsp3) is 0.333. The highest BCUT2D eigenvalue weighted by Crippen LogP contribution is 2.23. The van der Waals surface area contributed by atoms with Crippen LogP contribution in [0.4, 0.5) is 8.78 Å². The van der Waals surface area contributed by atoms with Gasteiger partial charge in [-0.05, 0) is 40.9 Å². The minimum atomic E-state index is -0.849. The van der Waals surface area contributed by atoms with E-state index in [0.717, 1.165) is 6.07 Å². The Morgan fingerprint density at radius 2 is 2.08 bits per heavy atom. The van der Waals surface area contributed by atoms with E-state index in [0.29, 0.717) is 12.0 Å². The summed E-state index contributed by atoms with van der Waals surface area (Å²) in [5.41, 5.74) is 6.23. The molecule has 0 aliphatic carbocycles. The summed E-state index contributed by atoms with van der Waals surface area (Å²) >= 11 is 2.99. The lowest BCUT2D eigenvalue weighted by Crippen LogP contribution is -2.18. The van der Waals surface area contributed by atoms with Crippen LogP contribution in [-0.4, -0.2) is 6.04 Å². The summed E-state index contributed by atoms with van der Waals surface area (Å²) in [5, 5.41) is 0. The van der Waals surface area contributed by atoms with Gasteiger partial charge >= 0.3 is 0 Å². The lowest BCUT2D eigenvalue weighted by molar-refractivity contribution is 0.501. The number of rotatable bonds is 2. The molecule has 4 heteroatoms. The van der Waals surface area contributed by atoms with Crippen LogP contribution in [0.5, 0.6) is 0 Å². The van der Waals surface area contributed by atoms with E-state index in [1.807, 2.05) is 6.92 Å². The number of halogens is 3. The molecule has 0 saturated carbocycles. The quantitative estimate of drug-likeness (QED) is 0.802. The Hall–Kier alpha value is -0.480. The molecule has 0 amide bonds. The maximum Gasteiger partial charge on any atom is 0.173 e. The number of hydrogen-bond donors (Lipinski definition) is 1. The molecule has 0 aromatic heterocycles. The van der Waals surface area contributed by atoms with Gasteiger partial charge in [-0.2, -0.15) is 0 Å². The fourth-order valence-corrected chi connectivity index (χ4v) is 1.55. The summed E-state index contributed by atoms with van der Waals surface area (Å²) in [6.45, 7) is 1.81. The van der Waals surface area contributed by atoms with Crippen LogP contribution in [0.2, 0.25) is 0 Å². The number of hydrogen-bond acceptors (Lipinski definition) is 1. The molecule has 0 fully saturated rings. The highest BCUT2D eigenvalue weighted by Gasteiger charge is 2.11. The molecule has 72 valence electrons. The first kappa shape index (κ1) is 10.6. The van der Waals surface area contributed by atoms with Crippen LogP contribution >= 0.6 is 15.9 Å². The third-order valence-electron chi connectivity index (χ3n) is 1.66. The summed E-state index contributed by atoms with van der Waals surface area (Å²) < 4.78 is 25.8. The van der Waals surface area contributed by atoms with Gasteiger partial charge in [-0.25, -0.2) is 8.78 Å². The van der Waals surface area contributed by atoms with Crippen molar-refractivity contribution < 1.29 is 8.78 Å². The van der Waals surface area contributed by atoms with Crippen molar-refractivity contribution in [1.82, 2.24) is 0 Å². The van der Waals surface area contributed by atoms with Crippen molar-refractivity contribution in [2.75, 3.05) is 0 Å². The second-order valence-corrected chi connectivity index (χ2v) is 3.81. The molecule has 0 bridgehead atoms. The molecule has 1 unspecified atom stereocenters. The van der Waals surface area contributed by atoms with Gasteiger partial charge in [0.15, 0.2) is 11.6 Å². The Labute approximate surface area is 84.1 Å². The van der Waals surface area contributed by atoms with Crippen LogP contribution in [0.25, 0.3) is 0 Å². The normalized spacial score (nSPS) is 13.0. The van der Waals surface area contributed by atoms with Crippen LogP contribution in [0.3, 0.4) is 0 Å². The molecule has 0 spiro atoms. The van der Waals surface area contributed by atoms with E-state index in [1.54, 1.807) is 0 Å². The molecule has 13 heavy (non-hydrogen) atoms. The van der Waals surface area contributed by atoms with Gasteiger partial charge in [0.25, 0.3) is 0 Å². The van der Waals surface area contributed by atoms with Crippen LogP contribution < -0.4 is 5.73 Å². The predicted octanol–water partition coefficient (Wildman–Crippen LogP) is 2.62. The smallest absolute Gasteiger partial charge is 0.173 e. The van der Waals surface area contributed by atoms with Gasteiger partial charge in [-0.3, -0.25) is 0 Å². The summed E-state index contributed by atoms with van der Waals surface area (Å²) in [4.78, 5) is 0. The highest BCUT2D eigenvalue weighted by molar-refractivity contribution is 9.10. The molecule has 0 saturated heterocycles. The molecular weight excluding hydrogens is 240 g/mol. The second kappa shape index (κ2) is 4.15. The van der Waals surface area contributed by atoms with Crippen molar-refractivity contribution >= 4 is 15.9 Å². The highest BCUT2D eigenvalue weighted by atomic mass is 79.9. The van der Waals surface area contributed by atoms with Crippen molar-refractivity contribution in [2.45, 2.75) is 19.4 Å². The van der Waals surface area contributed by atoms with E-state index in [1.165, 1.54) is 6.07 Å². The average molecular weight is 250 g/mol. The molecule has 0 aliphatic heterocycles. The lowest BCUT2D eigenvalue weighted by atomic mass is 10.1. The first-order valence-electron chi connectivity index (χ1n) is 3.90. The predicted molar refractivity (Wildman–Crippen MR) is 51.4 cm³/mol. The molecule has 0 heterocycles.